The van der Waals surface area contributed by atoms with Crippen molar-refractivity contribution in [1.29, 1.82) is 5.26 Å². The molecule has 8 nitrogen and oxygen atoms in total. The zero-order chi connectivity index (χ0) is 32.8. The first-order valence-corrected chi connectivity index (χ1v) is 16.6. The van der Waals surface area contributed by atoms with Crippen LogP contribution in [0.4, 0.5) is 0 Å². The number of rotatable bonds is 17. The highest BCUT2D eigenvalue weighted by Crippen LogP contribution is 2.28. The average Bonchev–Trinajstić information content (AvgIpc) is 3.68. The average molecular weight is 614 g/mol. The standard InChI is InChI=1S/C37H51N5O3/c1-7-13-28(14-8-2)25-42-34-18-17-29(21-32(34)41-36(42)30(9-3)20-27(6)35(43)22-38)24-40-33(19-26(5)23-39-10-4)37(44)45-31-15-11-12-16-31/h9-10,17-18,20-21,23,28,31,33,40H,7-8,11-16,19,24-25H2,1-6H3/b26-23+,27-20-,30-9+,39-10-. The summed E-state index contributed by atoms with van der Waals surface area (Å²) in [5, 5.41) is 12.6. The molecular weight excluding hydrogens is 562 g/mol. The van der Waals surface area contributed by atoms with Gasteiger partial charge in [-0.3, -0.25) is 14.6 Å². The number of aliphatic imine (C=N–C) groups is 1. The van der Waals surface area contributed by atoms with Gasteiger partial charge in [0.2, 0.25) is 0 Å². The van der Waals surface area contributed by atoms with Crippen molar-refractivity contribution in [3.8, 4) is 6.07 Å². The molecule has 2 aromatic rings. The van der Waals surface area contributed by atoms with Crippen LogP contribution in [-0.4, -0.2) is 39.7 Å². The molecule has 1 aromatic heterocycles. The highest BCUT2D eigenvalue weighted by Gasteiger charge is 2.26. The van der Waals surface area contributed by atoms with E-state index in [4.69, 9.17) is 15.0 Å². The largest absolute Gasteiger partial charge is 0.461 e. The summed E-state index contributed by atoms with van der Waals surface area (Å²) >= 11 is 0. The van der Waals surface area contributed by atoms with E-state index in [1.807, 2.05) is 26.8 Å². The van der Waals surface area contributed by atoms with Crippen molar-refractivity contribution >= 4 is 34.6 Å². The quantitative estimate of drug-likeness (QED) is 0.0636. The Hall–Kier alpha value is -3.83. The van der Waals surface area contributed by atoms with Crippen molar-refractivity contribution in [1.82, 2.24) is 14.9 Å². The molecule has 1 heterocycles. The molecule has 0 amide bonds. The van der Waals surface area contributed by atoms with Crippen molar-refractivity contribution < 1.29 is 14.3 Å². The molecule has 1 fully saturated rings. The smallest absolute Gasteiger partial charge is 0.323 e. The third-order valence-electron chi connectivity index (χ3n) is 8.44. The number of esters is 1. The minimum absolute atomic E-state index is 0.00434. The van der Waals surface area contributed by atoms with E-state index < -0.39 is 11.8 Å². The van der Waals surface area contributed by atoms with Crippen LogP contribution in [0.15, 0.2) is 52.7 Å². The second kappa shape index (κ2) is 18.2. The molecule has 0 saturated heterocycles. The van der Waals surface area contributed by atoms with Gasteiger partial charge in [0, 0.05) is 36.7 Å². The summed E-state index contributed by atoms with van der Waals surface area (Å²) in [5.41, 5.74) is 5.09. The number of allylic oxidation sites excluding steroid dienone is 4. The fourth-order valence-corrected chi connectivity index (χ4v) is 6.07. The van der Waals surface area contributed by atoms with Gasteiger partial charge in [0.25, 0.3) is 5.78 Å². The number of ether oxygens (including phenoxy) is 1. The Labute approximate surface area is 269 Å². The molecule has 1 aliphatic carbocycles. The van der Waals surface area contributed by atoms with E-state index in [0.717, 1.165) is 91.5 Å². The molecule has 1 aromatic carbocycles. The predicted octanol–water partition coefficient (Wildman–Crippen LogP) is 8.02. The highest BCUT2D eigenvalue weighted by molar-refractivity contribution is 6.08. The summed E-state index contributed by atoms with van der Waals surface area (Å²) in [6, 6.07) is 7.51. The first-order valence-electron chi connectivity index (χ1n) is 16.6. The van der Waals surface area contributed by atoms with E-state index >= 15 is 0 Å². The number of hydrogen-bond acceptors (Lipinski definition) is 7. The molecule has 1 unspecified atom stereocenters. The normalized spacial score (nSPS) is 15.7. The fraction of sp³-hybridized carbons (Fsp3) is 0.541. The minimum Gasteiger partial charge on any atom is -0.461 e. The van der Waals surface area contributed by atoms with E-state index in [2.05, 4.69) is 46.9 Å². The number of imidazole rings is 1. The third-order valence-corrected chi connectivity index (χ3v) is 8.44. The lowest BCUT2D eigenvalue weighted by molar-refractivity contribution is -0.151. The monoisotopic (exact) mass is 613 g/mol. The Morgan fingerprint density at radius 2 is 1.89 bits per heavy atom. The zero-order valence-corrected chi connectivity index (χ0v) is 28.1. The van der Waals surface area contributed by atoms with Crippen LogP contribution in [0.2, 0.25) is 0 Å². The van der Waals surface area contributed by atoms with E-state index in [-0.39, 0.29) is 12.1 Å². The Morgan fingerprint density at radius 1 is 1.18 bits per heavy atom. The number of nitriles is 1. The van der Waals surface area contributed by atoms with E-state index in [1.165, 1.54) is 0 Å². The number of Topliss-reactive ketones (excluding diaryl/α,β-unsaturated/α-hetero) is 1. The van der Waals surface area contributed by atoms with Crippen LogP contribution in [-0.2, 0) is 27.4 Å². The lowest BCUT2D eigenvalue weighted by atomic mass is 9.98. The summed E-state index contributed by atoms with van der Waals surface area (Å²) in [4.78, 5) is 34.7. The number of ketones is 1. The molecule has 0 radical (unpaired) electrons. The van der Waals surface area contributed by atoms with Gasteiger partial charge in [0.05, 0.1) is 11.0 Å². The number of carbonyl (C=O) groups is 2. The minimum atomic E-state index is -0.548. The second-order valence-electron chi connectivity index (χ2n) is 12.2. The van der Waals surface area contributed by atoms with Crippen LogP contribution in [0.5, 0.6) is 0 Å². The van der Waals surface area contributed by atoms with E-state index in [0.29, 0.717) is 24.5 Å². The first kappa shape index (κ1) is 35.6. The maximum absolute atomic E-state index is 13.2. The van der Waals surface area contributed by atoms with Crippen molar-refractivity contribution in [3.63, 3.8) is 0 Å². The Bertz CT molecular complexity index is 1460. The van der Waals surface area contributed by atoms with Crippen molar-refractivity contribution in [2.75, 3.05) is 0 Å². The van der Waals surface area contributed by atoms with Gasteiger partial charge < -0.3 is 14.6 Å². The van der Waals surface area contributed by atoms with Crippen molar-refractivity contribution in [2.45, 2.75) is 125 Å². The first-order chi connectivity index (χ1) is 21.7. The van der Waals surface area contributed by atoms with Crippen molar-refractivity contribution in [3.05, 3.63) is 59.1 Å². The number of aromatic nitrogens is 2. The van der Waals surface area contributed by atoms with Gasteiger partial charge >= 0.3 is 5.97 Å². The van der Waals surface area contributed by atoms with Gasteiger partial charge in [-0.1, -0.05) is 44.4 Å². The molecule has 1 aliphatic rings. The number of fused-ring (bicyclic) bond motifs is 1. The summed E-state index contributed by atoms with van der Waals surface area (Å²) in [6.07, 6.45) is 16.3. The summed E-state index contributed by atoms with van der Waals surface area (Å²) in [7, 11) is 0. The molecule has 1 atom stereocenters. The third kappa shape index (κ3) is 10.4. The number of nitrogens with zero attached hydrogens (tertiary/aromatic N) is 4. The van der Waals surface area contributed by atoms with Crippen LogP contribution < -0.4 is 5.32 Å². The maximum Gasteiger partial charge on any atom is 0.323 e. The van der Waals surface area contributed by atoms with E-state index in [1.54, 1.807) is 31.5 Å². The molecule has 3 rings (SSSR count). The van der Waals surface area contributed by atoms with Crippen LogP contribution >= 0.6 is 0 Å². The van der Waals surface area contributed by atoms with Crippen LogP contribution in [0.25, 0.3) is 16.6 Å². The van der Waals surface area contributed by atoms with Gasteiger partial charge in [-0.15, -0.1) is 0 Å². The molecule has 45 heavy (non-hydrogen) atoms. The van der Waals surface area contributed by atoms with Gasteiger partial charge in [-0.05, 0) is 102 Å². The lowest BCUT2D eigenvalue weighted by Gasteiger charge is -2.21. The van der Waals surface area contributed by atoms with E-state index in [9.17, 15) is 9.59 Å². The van der Waals surface area contributed by atoms with Crippen molar-refractivity contribution in [2.24, 2.45) is 10.9 Å². The van der Waals surface area contributed by atoms with Crippen LogP contribution in [0.1, 0.15) is 111 Å². The zero-order valence-electron chi connectivity index (χ0n) is 28.1. The van der Waals surface area contributed by atoms with Gasteiger partial charge in [0.1, 0.15) is 24.0 Å². The van der Waals surface area contributed by atoms with Gasteiger partial charge in [0.15, 0.2) is 0 Å². The Balaban J connectivity index is 1.95. The second-order valence-corrected chi connectivity index (χ2v) is 12.2. The van der Waals surface area contributed by atoms with Crippen LogP contribution in [0, 0.1) is 17.2 Å². The molecule has 8 heteroatoms. The maximum atomic E-state index is 13.2. The van der Waals surface area contributed by atoms with Gasteiger partial charge in [-0.2, -0.15) is 5.26 Å². The van der Waals surface area contributed by atoms with Gasteiger partial charge in [-0.25, -0.2) is 4.98 Å². The number of nitrogens with one attached hydrogen (secondary N) is 1. The Kier molecular flexibility index (Phi) is 14.4. The SMILES string of the molecule is C/C=N\C=C(/C)CC(NCc1ccc2c(c1)nc(C(/C=C(/C)C(=O)C#N)=C/C)n2CC(CCC)CCC)C(=O)OC1CCCC1. The molecule has 0 aliphatic heterocycles. The molecule has 242 valence electrons. The summed E-state index contributed by atoms with van der Waals surface area (Å²) in [5.74, 6) is 0.525. The Morgan fingerprint density at radius 3 is 2.51 bits per heavy atom. The highest BCUT2D eigenvalue weighted by atomic mass is 16.5. The lowest BCUT2D eigenvalue weighted by Crippen LogP contribution is -2.39. The molecule has 1 saturated carbocycles. The summed E-state index contributed by atoms with van der Waals surface area (Å²) < 4.78 is 8.16. The van der Waals surface area contributed by atoms with Crippen LogP contribution in [0.3, 0.4) is 0 Å². The predicted molar refractivity (Wildman–Crippen MR) is 183 cm³/mol. The molecule has 1 N–H and O–H groups in total. The summed E-state index contributed by atoms with van der Waals surface area (Å²) in [6.45, 7) is 13.2. The number of benzene rings is 1. The molecular formula is C37H51N5O3. The number of carbonyl (C=O) groups excluding carboxylic acids is 2. The number of hydrogen-bond donors (Lipinski definition) is 1. The fourth-order valence-electron chi connectivity index (χ4n) is 6.07. The molecule has 0 spiro atoms. The molecule has 0 bridgehead atoms. The topological polar surface area (TPSA) is 109 Å².